The first kappa shape index (κ1) is 24.0. The van der Waals surface area contributed by atoms with Crippen LogP contribution in [0.4, 0.5) is 5.69 Å². The van der Waals surface area contributed by atoms with E-state index in [-0.39, 0.29) is 33.5 Å². The van der Waals surface area contributed by atoms with E-state index in [2.05, 4.69) is 4.72 Å². The molecule has 0 aliphatic carbocycles. The number of nitrogens with zero attached hydrogens (tertiary/aromatic N) is 2. The van der Waals surface area contributed by atoms with Crippen LogP contribution in [-0.4, -0.2) is 76.5 Å². The molecule has 2 aliphatic rings. The minimum atomic E-state index is -4.08. The highest BCUT2D eigenvalue weighted by molar-refractivity contribution is 7.92. The number of para-hydroxylation sites is 1. The summed E-state index contributed by atoms with van der Waals surface area (Å²) in [5, 5.41) is 0. The summed E-state index contributed by atoms with van der Waals surface area (Å²) in [6.07, 6.45) is 2.91. The molecule has 0 bridgehead atoms. The zero-order valence-corrected chi connectivity index (χ0v) is 20.0. The van der Waals surface area contributed by atoms with Gasteiger partial charge in [-0.2, -0.15) is 0 Å². The van der Waals surface area contributed by atoms with E-state index in [0.717, 1.165) is 19.3 Å². The second kappa shape index (κ2) is 10.4. The molecule has 4 rings (SSSR count). The standard InChI is InChI=1S/C24H29N3O6S/c1-32-22-10-9-18(17-20(22)24(29)26-11-5-2-6-12-26)34(30,31)25-21-8-4-3-7-19(21)23(28)27-13-15-33-16-14-27/h3-4,7-10,17,25H,2,5-6,11-16H2,1H3. The Morgan fingerprint density at radius 1 is 0.882 bits per heavy atom. The fourth-order valence-electron chi connectivity index (χ4n) is 4.19. The number of amides is 2. The number of benzene rings is 2. The Morgan fingerprint density at radius 3 is 2.24 bits per heavy atom. The average molecular weight is 488 g/mol. The van der Waals surface area contributed by atoms with Crippen molar-refractivity contribution in [1.82, 2.24) is 9.80 Å². The summed E-state index contributed by atoms with van der Waals surface area (Å²) in [4.78, 5) is 29.4. The summed E-state index contributed by atoms with van der Waals surface area (Å²) in [6.45, 7) is 3.04. The number of morpholine rings is 1. The van der Waals surface area contributed by atoms with Crippen LogP contribution >= 0.6 is 0 Å². The number of hydrogen-bond acceptors (Lipinski definition) is 6. The molecule has 9 nitrogen and oxygen atoms in total. The van der Waals surface area contributed by atoms with Gasteiger partial charge >= 0.3 is 0 Å². The lowest BCUT2D eigenvalue weighted by molar-refractivity contribution is 0.0303. The molecule has 0 saturated carbocycles. The Kier molecular flexibility index (Phi) is 7.38. The zero-order chi connectivity index (χ0) is 24.1. The number of anilines is 1. The Balaban J connectivity index is 1.62. The molecule has 182 valence electrons. The summed E-state index contributed by atoms with van der Waals surface area (Å²) in [6, 6.07) is 10.7. The second-order valence-electron chi connectivity index (χ2n) is 8.27. The molecule has 2 heterocycles. The molecule has 0 spiro atoms. The highest BCUT2D eigenvalue weighted by Gasteiger charge is 2.26. The Hall–Kier alpha value is -3.11. The van der Waals surface area contributed by atoms with E-state index in [4.69, 9.17) is 9.47 Å². The molecule has 1 N–H and O–H groups in total. The van der Waals surface area contributed by atoms with Crippen molar-refractivity contribution < 1.29 is 27.5 Å². The van der Waals surface area contributed by atoms with Crippen molar-refractivity contribution in [2.24, 2.45) is 0 Å². The van der Waals surface area contributed by atoms with Gasteiger partial charge in [-0.25, -0.2) is 8.42 Å². The van der Waals surface area contributed by atoms with Gasteiger partial charge in [0.1, 0.15) is 5.75 Å². The van der Waals surface area contributed by atoms with Gasteiger partial charge in [-0.1, -0.05) is 12.1 Å². The molecule has 2 fully saturated rings. The van der Waals surface area contributed by atoms with Crippen molar-refractivity contribution in [2.45, 2.75) is 24.2 Å². The average Bonchev–Trinajstić information content (AvgIpc) is 2.88. The molecule has 2 amide bonds. The van der Waals surface area contributed by atoms with E-state index in [9.17, 15) is 18.0 Å². The van der Waals surface area contributed by atoms with E-state index in [0.29, 0.717) is 45.1 Å². The minimum Gasteiger partial charge on any atom is -0.496 e. The Morgan fingerprint density at radius 2 is 1.53 bits per heavy atom. The number of carbonyl (C=O) groups is 2. The molecule has 2 saturated heterocycles. The largest absolute Gasteiger partial charge is 0.496 e. The lowest BCUT2D eigenvalue weighted by Crippen LogP contribution is -2.41. The van der Waals surface area contributed by atoms with Crippen LogP contribution in [0.3, 0.4) is 0 Å². The topological polar surface area (TPSA) is 105 Å². The molecule has 2 aromatic rings. The monoisotopic (exact) mass is 487 g/mol. The Bertz CT molecular complexity index is 1160. The number of sulfonamides is 1. The third-order valence-corrected chi connectivity index (χ3v) is 7.42. The van der Waals surface area contributed by atoms with E-state index in [1.807, 2.05) is 0 Å². The number of piperidine rings is 1. The van der Waals surface area contributed by atoms with Crippen molar-refractivity contribution in [3.05, 3.63) is 53.6 Å². The normalized spacial score (nSPS) is 16.7. The molecule has 2 aromatic carbocycles. The lowest BCUT2D eigenvalue weighted by atomic mass is 10.1. The second-order valence-corrected chi connectivity index (χ2v) is 9.95. The molecular weight excluding hydrogens is 458 g/mol. The molecule has 2 aliphatic heterocycles. The third kappa shape index (κ3) is 5.18. The van der Waals surface area contributed by atoms with Gasteiger partial charge in [0.05, 0.1) is 42.0 Å². The lowest BCUT2D eigenvalue weighted by Gasteiger charge is -2.28. The van der Waals surface area contributed by atoms with Crippen LogP contribution in [0, 0.1) is 0 Å². The quantitative estimate of drug-likeness (QED) is 0.672. The number of likely N-dealkylation sites (tertiary alicyclic amines) is 1. The van der Waals surface area contributed by atoms with Gasteiger partial charge in [0.25, 0.3) is 21.8 Å². The number of rotatable bonds is 6. The first-order valence-electron chi connectivity index (χ1n) is 11.4. The zero-order valence-electron chi connectivity index (χ0n) is 19.2. The maximum Gasteiger partial charge on any atom is 0.261 e. The third-order valence-electron chi connectivity index (χ3n) is 6.06. The molecule has 10 heteroatoms. The van der Waals surface area contributed by atoms with Gasteiger partial charge < -0.3 is 19.3 Å². The molecular formula is C24H29N3O6S. The minimum absolute atomic E-state index is 0.0812. The van der Waals surface area contributed by atoms with Crippen molar-refractivity contribution in [3.63, 3.8) is 0 Å². The first-order valence-corrected chi connectivity index (χ1v) is 12.9. The van der Waals surface area contributed by atoms with Crippen molar-refractivity contribution in [3.8, 4) is 5.75 Å². The molecule has 0 atom stereocenters. The molecule has 0 radical (unpaired) electrons. The van der Waals surface area contributed by atoms with Gasteiger partial charge in [0.15, 0.2) is 0 Å². The predicted octanol–water partition coefficient (Wildman–Crippen LogP) is 2.59. The highest BCUT2D eigenvalue weighted by Crippen LogP contribution is 2.27. The van der Waals surface area contributed by atoms with Gasteiger partial charge in [-0.05, 0) is 49.6 Å². The predicted molar refractivity (Wildman–Crippen MR) is 127 cm³/mol. The van der Waals surface area contributed by atoms with Crippen molar-refractivity contribution in [2.75, 3.05) is 51.2 Å². The van der Waals surface area contributed by atoms with Crippen LogP contribution < -0.4 is 9.46 Å². The number of hydrogen-bond donors (Lipinski definition) is 1. The molecule has 0 aromatic heterocycles. The smallest absolute Gasteiger partial charge is 0.261 e. The van der Waals surface area contributed by atoms with Crippen LogP contribution in [-0.2, 0) is 14.8 Å². The number of ether oxygens (including phenoxy) is 2. The summed E-state index contributed by atoms with van der Waals surface area (Å²) in [7, 11) is -2.64. The van der Waals surface area contributed by atoms with Crippen LogP contribution in [0.25, 0.3) is 0 Å². The van der Waals surface area contributed by atoms with Gasteiger partial charge in [-0.15, -0.1) is 0 Å². The molecule has 0 unspecified atom stereocenters. The summed E-state index contributed by atoms with van der Waals surface area (Å²) in [5.41, 5.74) is 0.634. The van der Waals surface area contributed by atoms with Crippen LogP contribution in [0.2, 0.25) is 0 Å². The fraction of sp³-hybridized carbons (Fsp3) is 0.417. The summed E-state index contributed by atoms with van der Waals surface area (Å²) in [5.74, 6) is -0.203. The van der Waals surface area contributed by atoms with E-state index >= 15 is 0 Å². The van der Waals surface area contributed by atoms with Crippen molar-refractivity contribution in [1.29, 1.82) is 0 Å². The SMILES string of the molecule is COc1ccc(S(=O)(=O)Nc2ccccc2C(=O)N2CCOCC2)cc1C(=O)N1CCCCC1. The van der Waals surface area contributed by atoms with E-state index in [1.54, 1.807) is 34.1 Å². The van der Waals surface area contributed by atoms with Crippen LogP contribution in [0.15, 0.2) is 47.4 Å². The van der Waals surface area contributed by atoms with Crippen molar-refractivity contribution >= 4 is 27.5 Å². The van der Waals surface area contributed by atoms with Crippen LogP contribution in [0.5, 0.6) is 5.75 Å². The number of nitrogens with one attached hydrogen (secondary N) is 1. The fourth-order valence-corrected chi connectivity index (χ4v) is 5.29. The maximum atomic E-state index is 13.3. The summed E-state index contributed by atoms with van der Waals surface area (Å²) < 4.78 is 39.7. The summed E-state index contributed by atoms with van der Waals surface area (Å²) >= 11 is 0. The van der Waals surface area contributed by atoms with E-state index in [1.165, 1.54) is 25.3 Å². The van der Waals surface area contributed by atoms with Crippen LogP contribution in [0.1, 0.15) is 40.0 Å². The van der Waals surface area contributed by atoms with Gasteiger partial charge in [-0.3, -0.25) is 14.3 Å². The van der Waals surface area contributed by atoms with Gasteiger partial charge in [0, 0.05) is 26.2 Å². The molecule has 34 heavy (non-hydrogen) atoms. The number of methoxy groups -OCH3 is 1. The number of carbonyl (C=O) groups excluding carboxylic acids is 2. The van der Waals surface area contributed by atoms with E-state index < -0.39 is 10.0 Å². The first-order chi connectivity index (χ1) is 16.4. The highest BCUT2D eigenvalue weighted by atomic mass is 32.2. The van der Waals surface area contributed by atoms with Gasteiger partial charge in [0.2, 0.25) is 0 Å². The maximum absolute atomic E-state index is 13.3. The Labute approximate surface area is 199 Å².